The zero-order valence-electron chi connectivity index (χ0n) is 10.8. The van der Waals surface area contributed by atoms with Crippen LogP contribution in [0.1, 0.15) is 6.42 Å². The van der Waals surface area contributed by atoms with E-state index in [1.54, 1.807) is 0 Å². The van der Waals surface area contributed by atoms with Gasteiger partial charge in [0, 0.05) is 12.2 Å². The van der Waals surface area contributed by atoms with Crippen LogP contribution in [0.4, 0.5) is 5.69 Å². The van der Waals surface area contributed by atoms with Gasteiger partial charge in [0.25, 0.3) is 10.1 Å². The molecule has 0 bridgehead atoms. The molecule has 0 aromatic heterocycles. The standard InChI is InChI=1S/C14H17NO3S/c1-19(16,17)18-10-4-9-15-14-8-7-12-5-2-3-6-13(12)11-14/h2-3,5-8,11,15H,4,9-10H2,1H3. The minimum Gasteiger partial charge on any atom is -0.385 e. The Morgan fingerprint density at radius 2 is 1.84 bits per heavy atom. The molecule has 0 saturated carbocycles. The average Bonchev–Trinajstić information content (AvgIpc) is 2.37. The van der Waals surface area contributed by atoms with Gasteiger partial charge in [-0.2, -0.15) is 8.42 Å². The van der Waals surface area contributed by atoms with Crippen molar-refractivity contribution < 1.29 is 12.6 Å². The van der Waals surface area contributed by atoms with Gasteiger partial charge in [-0.1, -0.05) is 30.3 Å². The molecule has 0 aliphatic heterocycles. The fourth-order valence-corrected chi connectivity index (χ4v) is 2.24. The lowest BCUT2D eigenvalue weighted by Gasteiger charge is -2.07. The topological polar surface area (TPSA) is 55.4 Å². The third-order valence-electron chi connectivity index (χ3n) is 2.70. The first-order valence-corrected chi connectivity index (χ1v) is 7.93. The highest BCUT2D eigenvalue weighted by atomic mass is 32.2. The Kier molecular flexibility index (Phi) is 4.39. The van der Waals surface area contributed by atoms with Gasteiger partial charge in [-0.05, 0) is 29.3 Å². The highest BCUT2D eigenvalue weighted by Gasteiger charge is 2.00. The van der Waals surface area contributed by atoms with Crippen LogP contribution in [0.25, 0.3) is 10.8 Å². The Labute approximate surface area is 113 Å². The zero-order chi connectivity index (χ0) is 13.7. The van der Waals surface area contributed by atoms with Crippen molar-refractivity contribution in [1.29, 1.82) is 0 Å². The maximum atomic E-state index is 10.8. The Hall–Kier alpha value is -1.59. The second-order valence-corrected chi connectivity index (χ2v) is 6.01. The van der Waals surface area contributed by atoms with Crippen LogP contribution in [-0.2, 0) is 14.3 Å². The predicted octanol–water partition coefficient (Wildman–Crippen LogP) is 2.62. The highest BCUT2D eigenvalue weighted by Crippen LogP contribution is 2.18. The monoisotopic (exact) mass is 279 g/mol. The van der Waals surface area contributed by atoms with Crippen molar-refractivity contribution in [3.63, 3.8) is 0 Å². The van der Waals surface area contributed by atoms with Crippen LogP contribution in [-0.4, -0.2) is 27.8 Å². The molecule has 0 radical (unpaired) electrons. The maximum Gasteiger partial charge on any atom is 0.264 e. The van der Waals surface area contributed by atoms with Crippen molar-refractivity contribution >= 4 is 26.6 Å². The Morgan fingerprint density at radius 1 is 1.11 bits per heavy atom. The van der Waals surface area contributed by atoms with E-state index in [0.29, 0.717) is 13.0 Å². The largest absolute Gasteiger partial charge is 0.385 e. The normalized spacial score (nSPS) is 11.6. The summed E-state index contributed by atoms with van der Waals surface area (Å²) in [4.78, 5) is 0. The fraction of sp³-hybridized carbons (Fsp3) is 0.286. The van der Waals surface area contributed by atoms with E-state index in [4.69, 9.17) is 0 Å². The van der Waals surface area contributed by atoms with E-state index in [1.165, 1.54) is 10.8 Å². The van der Waals surface area contributed by atoms with Gasteiger partial charge in [-0.15, -0.1) is 0 Å². The molecular weight excluding hydrogens is 262 g/mol. The summed E-state index contributed by atoms with van der Waals surface area (Å²) in [6.45, 7) is 0.882. The number of hydrogen-bond acceptors (Lipinski definition) is 4. The summed E-state index contributed by atoms with van der Waals surface area (Å²) in [6, 6.07) is 14.3. The molecule has 0 fully saturated rings. The van der Waals surface area contributed by atoms with Gasteiger partial charge in [-0.25, -0.2) is 0 Å². The SMILES string of the molecule is CS(=O)(=O)OCCCNc1ccc2ccccc2c1. The number of nitrogens with one attached hydrogen (secondary N) is 1. The van der Waals surface area contributed by atoms with Gasteiger partial charge in [0.2, 0.25) is 0 Å². The average molecular weight is 279 g/mol. The second kappa shape index (κ2) is 6.04. The number of benzene rings is 2. The molecule has 0 spiro atoms. The van der Waals surface area contributed by atoms with Gasteiger partial charge < -0.3 is 5.32 Å². The van der Waals surface area contributed by atoms with Crippen LogP contribution in [0.5, 0.6) is 0 Å². The minimum absolute atomic E-state index is 0.208. The number of rotatable bonds is 6. The molecule has 0 saturated heterocycles. The van der Waals surface area contributed by atoms with Crippen LogP contribution in [0.2, 0.25) is 0 Å². The van der Waals surface area contributed by atoms with Gasteiger partial charge in [0.05, 0.1) is 12.9 Å². The van der Waals surface area contributed by atoms with E-state index >= 15 is 0 Å². The van der Waals surface area contributed by atoms with Crippen LogP contribution < -0.4 is 5.32 Å². The van der Waals surface area contributed by atoms with Gasteiger partial charge >= 0.3 is 0 Å². The van der Waals surface area contributed by atoms with Crippen molar-refractivity contribution in [2.45, 2.75) is 6.42 Å². The van der Waals surface area contributed by atoms with Crippen LogP contribution in [0.3, 0.4) is 0 Å². The summed E-state index contributed by atoms with van der Waals surface area (Å²) < 4.78 is 26.2. The van der Waals surface area contributed by atoms with E-state index in [9.17, 15) is 8.42 Å². The third kappa shape index (κ3) is 4.54. The van der Waals surface area contributed by atoms with Crippen molar-refractivity contribution in [2.75, 3.05) is 24.7 Å². The van der Waals surface area contributed by atoms with E-state index in [-0.39, 0.29) is 6.61 Å². The molecule has 0 unspecified atom stereocenters. The molecule has 5 heteroatoms. The predicted molar refractivity (Wildman–Crippen MR) is 77.9 cm³/mol. The number of fused-ring (bicyclic) bond motifs is 1. The summed E-state index contributed by atoms with van der Waals surface area (Å²) in [7, 11) is -3.33. The molecule has 0 atom stereocenters. The summed E-state index contributed by atoms with van der Waals surface area (Å²) in [5.41, 5.74) is 1.03. The molecule has 2 aromatic carbocycles. The molecule has 0 heterocycles. The maximum absolute atomic E-state index is 10.8. The molecule has 1 N–H and O–H groups in total. The Bertz CT molecular complexity index is 653. The van der Waals surface area contributed by atoms with Crippen molar-refractivity contribution in [2.24, 2.45) is 0 Å². The van der Waals surface area contributed by atoms with Crippen molar-refractivity contribution in [3.8, 4) is 0 Å². The molecule has 102 valence electrons. The van der Waals surface area contributed by atoms with Crippen molar-refractivity contribution in [1.82, 2.24) is 0 Å². The second-order valence-electron chi connectivity index (χ2n) is 4.37. The molecule has 4 nitrogen and oxygen atoms in total. The Balaban J connectivity index is 1.85. The first-order valence-electron chi connectivity index (χ1n) is 6.12. The molecule has 0 aliphatic rings. The lowest BCUT2D eigenvalue weighted by atomic mass is 10.1. The Morgan fingerprint density at radius 3 is 2.58 bits per heavy atom. The van der Waals surface area contributed by atoms with E-state index in [2.05, 4.69) is 33.8 Å². The van der Waals surface area contributed by atoms with E-state index in [0.717, 1.165) is 11.9 Å². The molecular formula is C14H17NO3S. The van der Waals surface area contributed by atoms with Crippen LogP contribution in [0, 0.1) is 0 Å². The third-order valence-corrected chi connectivity index (χ3v) is 3.29. The quantitative estimate of drug-likeness (QED) is 0.652. The number of anilines is 1. The summed E-state index contributed by atoms with van der Waals surface area (Å²) in [5.74, 6) is 0. The molecule has 19 heavy (non-hydrogen) atoms. The summed E-state index contributed by atoms with van der Waals surface area (Å²) in [5, 5.41) is 5.63. The first-order chi connectivity index (χ1) is 9.04. The minimum atomic E-state index is -3.33. The smallest absolute Gasteiger partial charge is 0.264 e. The summed E-state index contributed by atoms with van der Waals surface area (Å²) in [6.07, 6.45) is 1.70. The lowest BCUT2D eigenvalue weighted by molar-refractivity contribution is 0.319. The van der Waals surface area contributed by atoms with E-state index < -0.39 is 10.1 Å². The lowest BCUT2D eigenvalue weighted by Crippen LogP contribution is -2.09. The molecule has 2 aromatic rings. The highest BCUT2D eigenvalue weighted by molar-refractivity contribution is 7.85. The first kappa shape index (κ1) is 13.8. The molecule has 0 aliphatic carbocycles. The van der Waals surface area contributed by atoms with Crippen molar-refractivity contribution in [3.05, 3.63) is 42.5 Å². The van der Waals surface area contributed by atoms with Crippen LogP contribution >= 0.6 is 0 Å². The van der Waals surface area contributed by atoms with Gasteiger partial charge in [-0.3, -0.25) is 4.18 Å². The van der Waals surface area contributed by atoms with Gasteiger partial charge in [0.1, 0.15) is 0 Å². The number of hydrogen-bond donors (Lipinski definition) is 1. The van der Waals surface area contributed by atoms with Gasteiger partial charge in [0.15, 0.2) is 0 Å². The fourth-order valence-electron chi connectivity index (χ4n) is 1.81. The molecule has 2 rings (SSSR count). The van der Waals surface area contributed by atoms with Crippen LogP contribution in [0.15, 0.2) is 42.5 Å². The zero-order valence-corrected chi connectivity index (χ0v) is 11.6. The van der Waals surface area contributed by atoms with E-state index in [1.807, 2.05) is 18.2 Å². The summed E-state index contributed by atoms with van der Waals surface area (Å²) >= 11 is 0. The molecule has 0 amide bonds.